The number of thioether (sulfide) groups is 1. The summed E-state index contributed by atoms with van der Waals surface area (Å²) >= 11 is 19.1. The van der Waals surface area contributed by atoms with Crippen LogP contribution in [0.5, 0.6) is 0 Å². The van der Waals surface area contributed by atoms with E-state index >= 15 is 0 Å². The van der Waals surface area contributed by atoms with Gasteiger partial charge in [-0.25, -0.2) is 0 Å². The molecule has 8 heteroatoms. The van der Waals surface area contributed by atoms with Gasteiger partial charge in [0, 0.05) is 28.6 Å². The van der Waals surface area contributed by atoms with Gasteiger partial charge in [0.25, 0.3) is 5.91 Å². The maximum Gasteiger partial charge on any atom is 0.303 e. The molecule has 1 N–H and O–H groups in total. The summed E-state index contributed by atoms with van der Waals surface area (Å²) < 4.78 is 0.526. The number of unbranched alkanes of at least 4 members (excludes halogenated alkanes) is 2. The van der Waals surface area contributed by atoms with Gasteiger partial charge in [-0.1, -0.05) is 71.8 Å². The van der Waals surface area contributed by atoms with E-state index in [4.69, 9.17) is 40.5 Å². The van der Waals surface area contributed by atoms with Crippen LogP contribution in [0.25, 0.3) is 17.2 Å². The lowest BCUT2D eigenvalue weighted by Crippen LogP contribution is -2.29. The van der Waals surface area contributed by atoms with E-state index < -0.39 is 5.97 Å². The van der Waals surface area contributed by atoms with Crippen LogP contribution in [0.2, 0.25) is 10.0 Å². The molecule has 1 aliphatic rings. The number of halogens is 2. The predicted octanol–water partition coefficient (Wildman–Crippen LogP) is 6.51. The lowest BCUT2D eigenvalue weighted by Gasteiger charge is -2.13. The second-order valence-electron chi connectivity index (χ2n) is 6.79. The molecule has 1 saturated heterocycles. The molecule has 0 spiro atoms. The minimum atomic E-state index is -0.801. The van der Waals surface area contributed by atoms with E-state index in [2.05, 4.69) is 0 Å². The molecule has 0 unspecified atom stereocenters. The first-order chi connectivity index (χ1) is 14.3. The zero-order valence-electron chi connectivity index (χ0n) is 15.9. The van der Waals surface area contributed by atoms with Gasteiger partial charge in [-0.3, -0.25) is 14.5 Å². The second kappa shape index (κ2) is 10.4. The normalized spacial score (nSPS) is 15.3. The molecule has 4 nitrogen and oxygen atoms in total. The van der Waals surface area contributed by atoms with Crippen molar-refractivity contribution in [1.82, 2.24) is 4.90 Å². The van der Waals surface area contributed by atoms with Crippen molar-refractivity contribution in [2.75, 3.05) is 6.54 Å². The number of nitrogens with zero attached hydrogens (tertiary/aromatic N) is 1. The van der Waals surface area contributed by atoms with Gasteiger partial charge < -0.3 is 5.11 Å². The molecular weight excluding hydrogens is 461 g/mol. The van der Waals surface area contributed by atoms with Crippen molar-refractivity contribution < 1.29 is 14.7 Å². The van der Waals surface area contributed by atoms with E-state index in [9.17, 15) is 9.59 Å². The Hall–Kier alpha value is -1.86. The molecule has 3 rings (SSSR count). The van der Waals surface area contributed by atoms with Crippen molar-refractivity contribution in [3.05, 3.63) is 63.0 Å². The highest BCUT2D eigenvalue weighted by molar-refractivity contribution is 8.26. The number of carboxylic acids is 1. The molecule has 156 valence electrons. The van der Waals surface area contributed by atoms with Gasteiger partial charge in [0.05, 0.1) is 4.91 Å². The molecule has 0 radical (unpaired) electrons. The lowest BCUT2D eigenvalue weighted by molar-refractivity contribution is -0.137. The molecule has 0 saturated carbocycles. The van der Waals surface area contributed by atoms with Crippen LogP contribution in [0.4, 0.5) is 0 Å². The van der Waals surface area contributed by atoms with Crippen LogP contribution >= 0.6 is 47.2 Å². The smallest absolute Gasteiger partial charge is 0.303 e. The van der Waals surface area contributed by atoms with Crippen molar-refractivity contribution in [3.8, 4) is 11.1 Å². The summed E-state index contributed by atoms with van der Waals surface area (Å²) in [7, 11) is 0. The summed E-state index contributed by atoms with van der Waals surface area (Å²) in [5.74, 6) is -0.917. The number of carboxylic acid groups (broad SMARTS) is 1. The Labute approximate surface area is 194 Å². The van der Waals surface area contributed by atoms with Gasteiger partial charge in [-0.05, 0) is 54.3 Å². The van der Waals surface area contributed by atoms with Crippen molar-refractivity contribution in [2.45, 2.75) is 25.7 Å². The molecule has 2 aromatic carbocycles. The standard InChI is InChI=1S/C22H19Cl2NO3S2/c23-16-8-9-18(24)17(13-16)15-6-4-5-14(11-15)12-19-21(28)25(22(29)30-19)10-3-1-2-7-20(26)27/h4-6,8-9,11-13H,1-3,7,10H2,(H,26,27)/b19-12-. The number of aliphatic carboxylic acids is 1. The summed E-state index contributed by atoms with van der Waals surface area (Å²) in [5, 5.41) is 9.90. The molecule has 2 aromatic rings. The van der Waals surface area contributed by atoms with Crippen molar-refractivity contribution >= 4 is 69.5 Å². The fraction of sp³-hybridized carbons (Fsp3) is 0.227. The Bertz CT molecular complexity index is 1020. The van der Waals surface area contributed by atoms with Crippen molar-refractivity contribution in [2.24, 2.45) is 0 Å². The summed E-state index contributed by atoms with van der Waals surface area (Å²) in [6.45, 7) is 0.500. The molecule has 30 heavy (non-hydrogen) atoms. The third-order valence-corrected chi connectivity index (χ3v) is 6.51. The Morgan fingerprint density at radius 2 is 1.93 bits per heavy atom. The first kappa shape index (κ1) is 22.8. The van der Waals surface area contributed by atoms with Gasteiger partial charge >= 0.3 is 5.97 Å². The number of amides is 1. The maximum absolute atomic E-state index is 12.8. The molecule has 0 aliphatic carbocycles. The molecule has 1 amide bonds. The van der Waals surface area contributed by atoms with Gasteiger partial charge in [-0.15, -0.1) is 0 Å². The van der Waals surface area contributed by atoms with Crippen molar-refractivity contribution in [1.29, 1.82) is 0 Å². The molecule has 1 heterocycles. The maximum atomic E-state index is 12.8. The van der Waals surface area contributed by atoms with Gasteiger partial charge in [-0.2, -0.15) is 0 Å². The second-order valence-corrected chi connectivity index (χ2v) is 9.31. The van der Waals surface area contributed by atoms with E-state index in [1.807, 2.05) is 36.4 Å². The highest BCUT2D eigenvalue weighted by Gasteiger charge is 2.31. The molecular formula is C22H19Cl2NO3S2. The summed E-state index contributed by atoms with van der Waals surface area (Å²) in [5.41, 5.74) is 2.60. The summed E-state index contributed by atoms with van der Waals surface area (Å²) in [6, 6.07) is 13.0. The fourth-order valence-electron chi connectivity index (χ4n) is 3.08. The highest BCUT2D eigenvalue weighted by Crippen LogP contribution is 2.35. The average molecular weight is 480 g/mol. The van der Waals surface area contributed by atoms with Crippen LogP contribution in [0, 0.1) is 0 Å². The topological polar surface area (TPSA) is 57.6 Å². The number of rotatable bonds is 8. The van der Waals surface area contributed by atoms with Gasteiger partial charge in [0.2, 0.25) is 0 Å². The quantitative estimate of drug-likeness (QED) is 0.265. The zero-order chi connectivity index (χ0) is 21.7. The average Bonchev–Trinajstić information content (AvgIpc) is 2.96. The van der Waals surface area contributed by atoms with Crippen LogP contribution in [0.1, 0.15) is 31.2 Å². The number of carbonyl (C=O) groups excluding carboxylic acids is 1. The fourth-order valence-corrected chi connectivity index (χ4v) is 4.79. The number of hydrogen-bond acceptors (Lipinski definition) is 4. The predicted molar refractivity (Wildman–Crippen MR) is 128 cm³/mol. The molecule has 0 aromatic heterocycles. The number of benzene rings is 2. The Balaban J connectivity index is 1.71. The van der Waals surface area contributed by atoms with E-state index in [0.29, 0.717) is 32.2 Å². The number of hydrogen-bond donors (Lipinski definition) is 1. The van der Waals surface area contributed by atoms with E-state index in [0.717, 1.165) is 29.5 Å². The summed E-state index contributed by atoms with van der Waals surface area (Å²) in [4.78, 5) is 25.5. The van der Waals surface area contributed by atoms with E-state index in [1.54, 1.807) is 17.0 Å². The third kappa shape index (κ3) is 5.85. The minimum Gasteiger partial charge on any atom is -0.481 e. The monoisotopic (exact) mass is 479 g/mol. The SMILES string of the molecule is O=C(O)CCCCCN1C(=O)/C(=C/c2cccc(-c3cc(Cl)ccc3Cl)c2)SC1=S. The lowest BCUT2D eigenvalue weighted by atomic mass is 10.0. The number of thiocarbonyl (C=S) groups is 1. The van der Waals surface area contributed by atoms with Gasteiger partial charge in [0.1, 0.15) is 4.32 Å². The van der Waals surface area contributed by atoms with Crippen LogP contribution in [-0.2, 0) is 9.59 Å². The van der Waals surface area contributed by atoms with Crippen molar-refractivity contribution in [3.63, 3.8) is 0 Å². The summed E-state index contributed by atoms with van der Waals surface area (Å²) in [6.07, 6.45) is 4.02. The van der Waals surface area contributed by atoms with E-state index in [-0.39, 0.29) is 12.3 Å². The molecule has 0 atom stereocenters. The Morgan fingerprint density at radius 3 is 2.70 bits per heavy atom. The zero-order valence-corrected chi connectivity index (χ0v) is 19.1. The van der Waals surface area contributed by atoms with Crippen LogP contribution in [0.15, 0.2) is 47.4 Å². The third-order valence-electron chi connectivity index (χ3n) is 4.57. The minimum absolute atomic E-state index is 0.116. The Morgan fingerprint density at radius 1 is 1.13 bits per heavy atom. The first-order valence-corrected chi connectivity index (χ1v) is 11.4. The van der Waals surface area contributed by atoms with E-state index in [1.165, 1.54) is 11.8 Å². The van der Waals surface area contributed by atoms with Crippen LogP contribution in [0.3, 0.4) is 0 Å². The van der Waals surface area contributed by atoms with Gasteiger partial charge in [0.15, 0.2) is 0 Å². The molecule has 1 aliphatic heterocycles. The molecule has 1 fully saturated rings. The van der Waals surface area contributed by atoms with Crippen LogP contribution in [-0.4, -0.2) is 32.7 Å². The largest absolute Gasteiger partial charge is 0.481 e. The highest BCUT2D eigenvalue weighted by atomic mass is 35.5. The number of carbonyl (C=O) groups is 2. The Kier molecular flexibility index (Phi) is 7.94. The molecule has 0 bridgehead atoms. The first-order valence-electron chi connectivity index (χ1n) is 9.38. The van der Waals surface area contributed by atoms with Crippen LogP contribution < -0.4 is 0 Å².